The van der Waals surface area contributed by atoms with Crippen molar-refractivity contribution in [3.05, 3.63) is 63.6 Å². The van der Waals surface area contributed by atoms with Gasteiger partial charge in [0.05, 0.1) is 13.2 Å². The molecule has 2 heterocycles. The van der Waals surface area contributed by atoms with Crippen LogP contribution in [0.15, 0.2) is 42.5 Å². The SMILES string of the molecule is O=C(O)C(Cc1ccc(OCc2c(Cl)cccc2Cl)cc1)NC(=O)C1OCOC1C(=O)NCCN1CCOCC1. The lowest BCUT2D eigenvalue weighted by atomic mass is 10.0. The molecule has 2 aromatic rings. The summed E-state index contributed by atoms with van der Waals surface area (Å²) in [6, 6.07) is 10.7. The Morgan fingerprint density at radius 2 is 1.65 bits per heavy atom. The zero-order valence-electron chi connectivity index (χ0n) is 21.6. The quantitative estimate of drug-likeness (QED) is 0.336. The third-order valence-corrected chi connectivity index (χ3v) is 7.25. The maximum absolute atomic E-state index is 12.9. The number of nitrogens with one attached hydrogen (secondary N) is 2. The van der Waals surface area contributed by atoms with Gasteiger partial charge in [-0.2, -0.15) is 0 Å². The smallest absolute Gasteiger partial charge is 0.326 e. The van der Waals surface area contributed by atoms with E-state index in [1.165, 1.54) is 0 Å². The fourth-order valence-electron chi connectivity index (χ4n) is 4.29. The van der Waals surface area contributed by atoms with Gasteiger partial charge in [-0.15, -0.1) is 0 Å². The van der Waals surface area contributed by atoms with Crippen molar-refractivity contribution in [1.82, 2.24) is 15.5 Å². The van der Waals surface area contributed by atoms with Gasteiger partial charge in [0.25, 0.3) is 11.8 Å². The summed E-state index contributed by atoms with van der Waals surface area (Å²) in [7, 11) is 0. The number of hydrogen-bond acceptors (Lipinski definition) is 8. The summed E-state index contributed by atoms with van der Waals surface area (Å²) in [5, 5.41) is 15.9. The first-order valence-electron chi connectivity index (χ1n) is 12.8. The van der Waals surface area contributed by atoms with E-state index in [9.17, 15) is 19.5 Å². The van der Waals surface area contributed by atoms with Crippen LogP contribution in [-0.4, -0.2) is 92.2 Å². The molecule has 4 rings (SSSR count). The van der Waals surface area contributed by atoms with E-state index < -0.39 is 36.0 Å². The van der Waals surface area contributed by atoms with Crippen LogP contribution < -0.4 is 15.4 Å². The highest BCUT2D eigenvalue weighted by molar-refractivity contribution is 6.35. The monoisotopic (exact) mass is 595 g/mol. The van der Waals surface area contributed by atoms with Crippen molar-refractivity contribution in [3.63, 3.8) is 0 Å². The Hall–Kier alpha value is -2.93. The summed E-state index contributed by atoms with van der Waals surface area (Å²) in [5.74, 6) is -1.93. The Morgan fingerprint density at radius 3 is 2.30 bits per heavy atom. The number of morpholine rings is 1. The minimum absolute atomic E-state index is 0.00167. The van der Waals surface area contributed by atoms with E-state index in [1.807, 2.05) is 0 Å². The van der Waals surface area contributed by atoms with E-state index in [2.05, 4.69) is 15.5 Å². The number of rotatable bonds is 12. The van der Waals surface area contributed by atoms with Crippen LogP contribution in [0.5, 0.6) is 5.75 Å². The van der Waals surface area contributed by atoms with Crippen LogP contribution in [0.2, 0.25) is 10.0 Å². The Bertz CT molecular complexity index is 1160. The molecular weight excluding hydrogens is 565 g/mol. The van der Waals surface area contributed by atoms with Gasteiger partial charge in [0.1, 0.15) is 25.2 Å². The number of aliphatic carboxylic acids is 1. The largest absolute Gasteiger partial charge is 0.489 e. The van der Waals surface area contributed by atoms with Crippen molar-refractivity contribution in [2.24, 2.45) is 0 Å². The van der Waals surface area contributed by atoms with E-state index in [-0.39, 0.29) is 19.8 Å². The minimum atomic E-state index is -1.27. The molecule has 0 aliphatic carbocycles. The van der Waals surface area contributed by atoms with Crippen LogP contribution in [0.3, 0.4) is 0 Å². The molecule has 2 aliphatic heterocycles. The van der Waals surface area contributed by atoms with Gasteiger partial charge in [-0.25, -0.2) is 4.79 Å². The van der Waals surface area contributed by atoms with Crippen LogP contribution in [0.1, 0.15) is 11.1 Å². The summed E-state index contributed by atoms with van der Waals surface area (Å²) in [4.78, 5) is 39.6. The number of carbonyl (C=O) groups excluding carboxylic acids is 2. The van der Waals surface area contributed by atoms with Crippen LogP contribution in [0.25, 0.3) is 0 Å². The lowest BCUT2D eigenvalue weighted by Crippen LogP contribution is -2.53. The molecule has 11 nitrogen and oxygen atoms in total. The molecule has 3 atom stereocenters. The molecule has 0 spiro atoms. The number of ether oxygens (including phenoxy) is 4. The van der Waals surface area contributed by atoms with E-state index >= 15 is 0 Å². The van der Waals surface area contributed by atoms with Gasteiger partial charge < -0.3 is 34.7 Å². The molecule has 13 heteroatoms. The van der Waals surface area contributed by atoms with Gasteiger partial charge >= 0.3 is 5.97 Å². The van der Waals surface area contributed by atoms with E-state index in [4.69, 9.17) is 42.1 Å². The summed E-state index contributed by atoms with van der Waals surface area (Å²) in [5.41, 5.74) is 1.31. The number of carboxylic acid groups (broad SMARTS) is 1. The molecule has 0 radical (unpaired) electrons. The molecule has 2 amide bonds. The minimum Gasteiger partial charge on any atom is -0.489 e. The number of carboxylic acids is 1. The topological polar surface area (TPSA) is 136 Å². The fraction of sp³-hybridized carbons (Fsp3) is 0.444. The Balaban J connectivity index is 1.27. The number of carbonyl (C=O) groups is 3. The average molecular weight is 596 g/mol. The molecule has 3 unspecified atom stereocenters. The lowest BCUT2D eigenvalue weighted by molar-refractivity contribution is -0.144. The highest BCUT2D eigenvalue weighted by atomic mass is 35.5. The van der Waals surface area contributed by atoms with Crippen molar-refractivity contribution in [3.8, 4) is 5.75 Å². The van der Waals surface area contributed by atoms with Crippen molar-refractivity contribution in [2.75, 3.05) is 46.2 Å². The first kappa shape index (κ1) is 30.0. The summed E-state index contributed by atoms with van der Waals surface area (Å²) in [6.45, 7) is 3.79. The maximum atomic E-state index is 12.9. The first-order valence-corrected chi connectivity index (χ1v) is 13.6. The maximum Gasteiger partial charge on any atom is 0.326 e. The number of nitrogens with zero attached hydrogens (tertiary/aromatic N) is 1. The summed E-state index contributed by atoms with van der Waals surface area (Å²) in [6.07, 6.45) is -2.44. The van der Waals surface area contributed by atoms with Gasteiger partial charge in [-0.05, 0) is 29.8 Å². The zero-order valence-corrected chi connectivity index (χ0v) is 23.2. The second kappa shape index (κ2) is 14.6. The number of hydrogen-bond donors (Lipinski definition) is 3. The van der Waals surface area contributed by atoms with Gasteiger partial charge in [-0.3, -0.25) is 14.5 Å². The standard InChI is InChI=1S/C27H31Cl2N3O8/c28-20-2-1-3-21(29)19(20)15-38-18-6-4-17(5-7-18)14-22(27(35)36)31-26(34)24-23(39-16-40-24)25(33)30-8-9-32-10-12-37-13-11-32/h1-7,22-24H,8-16H2,(H,30,33)(H,31,34)(H,35,36). The fourth-order valence-corrected chi connectivity index (χ4v) is 4.79. The molecule has 2 fully saturated rings. The van der Waals surface area contributed by atoms with Crippen LogP contribution in [0.4, 0.5) is 0 Å². The lowest BCUT2D eigenvalue weighted by Gasteiger charge is -2.26. The highest BCUT2D eigenvalue weighted by Gasteiger charge is 2.41. The molecule has 3 N–H and O–H groups in total. The molecular formula is C27H31Cl2N3O8. The number of halogens is 2. The molecule has 2 aliphatic rings. The second-order valence-electron chi connectivity index (χ2n) is 9.27. The van der Waals surface area contributed by atoms with Crippen molar-refractivity contribution in [2.45, 2.75) is 31.3 Å². The van der Waals surface area contributed by atoms with Gasteiger partial charge in [0, 0.05) is 48.2 Å². The molecule has 0 bridgehead atoms. The van der Waals surface area contributed by atoms with Crippen LogP contribution in [-0.2, 0) is 41.6 Å². The molecule has 2 aromatic carbocycles. The first-order chi connectivity index (χ1) is 19.3. The highest BCUT2D eigenvalue weighted by Crippen LogP contribution is 2.26. The normalized spacial score (nSPS) is 20.1. The van der Waals surface area contributed by atoms with Crippen molar-refractivity contribution >= 4 is 41.0 Å². The van der Waals surface area contributed by atoms with Crippen molar-refractivity contribution < 1.29 is 38.4 Å². The third kappa shape index (κ3) is 8.29. The molecule has 0 saturated carbocycles. The van der Waals surface area contributed by atoms with Crippen LogP contribution in [0, 0.1) is 0 Å². The predicted molar refractivity (Wildman–Crippen MR) is 145 cm³/mol. The summed E-state index contributed by atoms with van der Waals surface area (Å²) < 4.78 is 21.7. The third-order valence-electron chi connectivity index (χ3n) is 6.54. The van der Waals surface area contributed by atoms with E-state index in [1.54, 1.807) is 42.5 Å². The molecule has 216 valence electrons. The number of benzene rings is 2. The van der Waals surface area contributed by atoms with E-state index in [0.717, 1.165) is 13.1 Å². The molecule has 2 saturated heterocycles. The van der Waals surface area contributed by atoms with Crippen LogP contribution >= 0.6 is 23.2 Å². The van der Waals surface area contributed by atoms with Crippen molar-refractivity contribution in [1.29, 1.82) is 0 Å². The van der Waals surface area contributed by atoms with Gasteiger partial charge in [0.2, 0.25) is 0 Å². The second-order valence-corrected chi connectivity index (χ2v) is 10.1. The number of amides is 2. The van der Waals surface area contributed by atoms with Gasteiger partial charge in [0.15, 0.2) is 12.2 Å². The van der Waals surface area contributed by atoms with Gasteiger partial charge in [-0.1, -0.05) is 41.4 Å². The Morgan fingerprint density at radius 1 is 1.00 bits per heavy atom. The Labute approximate surface area is 241 Å². The predicted octanol–water partition coefficient (Wildman–Crippen LogP) is 1.87. The Kier molecular flexibility index (Phi) is 11.0. The average Bonchev–Trinajstić information content (AvgIpc) is 3.44. The molecule has 0 aromatic heterocycles. The zero-order chi connectivity index (χ0) is 28.5. The van der Waals surface area contributed by atoms with E-state index in [0.29, 0.717) is 53.2 Å². The summed E-state index contributed by atoms with van der Waals surface area (Å²) >= 11 is 12.4. The molecule has 40 heavy (non-hydrogen) atoms.